The second-order valence-electron chi connectivity index (χ2n) is 6.46. The first-order valence-corrected chi connectivity index (χ1v) is 8.97. The largest absolute Gasteiger partial charge is 0.497 e. The number of amides is 1. The number of nitrogens with zero attached hydrogens (tertiary/aromatic N) is 1. The lowest BCUT2D eigenvalue weighted by Crippen LogP contribution is -2.19. The van der Waals surface area contributed by atoms with Crippen LogP contribution in [0.15, 0.2) is 66.9 Å². The Hall–Kier alpha value is -3.85. The summed E-state index contributed by atoms with van der Waals surface area (Å²) in [5, 5.41) is 2.85. The van der Waals surface area contributed by atoms with Gasteiger partial charge in [0.1, 0.15) is 17.3 Å². The molecule has 1 aliphatic heterocycles. The zero-order valence-corrected chi connectivity index (χ0v) is 15.6. The fourth-order valence-electron chi connectivity index (χ4n) is 3.18. The number of carbonyl (C=O) groups excluding carboxylic acids is 1. The summed E-state index contributed by atoms with van der Waals surface area (Å²) in [4.78, 5) is 16.0. The average molecular weight is 388 g/mol. The molecule has 6 heteroatoms. The Morgan fingerprint density at radius 2 is 1.90 bits per heavy atom. The fourth-order valence-corrected chi connectivity index (χ4v) is 3.18. The number of methoxy groups -OCH3 is 1. The van der Waals surface area contributed by atoms with E-state index in [1.165, 1.54) is 18.3 Å². The Morgan fingerprint density at radius 3 is 2.72 bits per heavy atom. The van der Waals surface area contributed by atoms with Crippen molar-refractivity contribution in [3.05, 3.63) is 95.1 Å². The van der Waals surface area contributed by atoms with Crippen molar-refractivity contribution >= 4 is 6.09 Å². The molecule has 2 atom stereocenters. The van der Waals surface area contributed by atoms with Crippen molar-refractivity contribution < 1.29 is 18.7 Å². The third-order valence-corrected chi connectivity index (χ3v) is 4.54. The summed E-state index contributed by atoms with van der Waals surface area (Å²) in [7, 11) is 1.59. The van der Waals surface area contributed by atoms with E-state index in [-0.39, 0.29) is 11.9 Å². The van der Waals surface area contributed by atoms with Gasteiger partial charge in [-0.15, -0.1) is 0 Å². The van der Waals surface area contributed by atoms with Crippen LogP contribution < -0.4 is 10.1 Å². The van der Waals surface area contributed by atoms with Gasteiger partial charge in [-0.1, -0.05) is 30.2 Å². The number of hydrogen-bond donors (Lipinski definition) is 1. The minimum absolute atomic E-state index is 0.349. The maximum Gasteiger partial charge on any atom is 0.408 e. The number of rotatable bonds is 3. The normalized spacial score (nSPS) is 17.7. The Balaban J connectivity index is 1.63. The van der Waals surface area contributed by atoms with Gasteiger partial charge in [0.15, 0.2) is 6.10 Å². The highest BCUT2D eigenvalue weighted by Gasteiger charge is 2.36. The number of ether oxygens (including phenoxy) is 2. The Kier molecular flexibility index (Phi) is 5.12. The van der Waals surface area contributed by atoms with Crippen molar-refractivity contribution in [3.63, 3.8) is 0 Å². The standard InChI is InChI=1S/C23H17FN2O3/c1-28-20-7-3-6-17(13-20)22-21(26-23(27)29-22)16-5-2-4-15(12-16)8-9-19-14-18(24)10-11-25-19/h2-7,10-14,21-22H,1H3,(H,26,27)/t21-,22-/m1/s1. The van der Waals surface area contributed by atoms with Crippen molar-refractivity contribution in [1.29, 1.82) is 0 Å². The minimum Gasteiger partial charge on any atom is -0.497 e. The van der Waals surface area contributed by atoms with E-state index in [9.17, 15) is 9.18 Å². The smallest absolute Gasteiger partial charge is 0.408 e. The molecule has 1 aliphatic rings. The van der Waals surface area contributed by atoms with Gasteiger partial charge in [0.05, 0.1) is 13.2 Å². The summed E-state index contributed by atoms with van der Waals surface area (Å²) in [6, 6.07) is 17.1. The van der Waals surface area contributed by atoms with Crippen molar-refractivity contribution in [3.8, 4) is 17.6 Å². The molecule has 144 valence electrons. The van der Waals surface area contributed by atoms with Crippen LogP contribution in [0.1, 0.15) is 34.5 Å². The Bertz CT molecular complexity index is 1120. The van der Waals surface area contributed by atoms with Crippen LogP contribution in [0.3, 0.4) is 0 Å². The molecule has 1 amide bonds. The molecule has 2 aromatic carbocycles. The highest BCUT2D eigenvalue weighted by Crippen LogP contribution is 2.37. The first-order valence-electron chi connectivity index (χ1n) is 8.97. The van der Waals surface area contributed by atoms with E-state index in [0.717, 1.165) is 16.7 Å². The maximum atomic E-state index is 13.3. The van der Waals surface area contributed by atoms with Crippen molar-refractivity contribution in [2.45, 2.75) is 12.1 Å². The van der Waals surface area contributed by atoms with Gasteiger partial charge >= 0.3 is 6.09 Å². The first kappa shape index (κ1) is 18.5. The van der Waals surface area contributed by atoms with Crippen LogP contribution in [0.5, 0.6) is 5.75 Å². The molecule has 4 rings (SSSR count). The number of nitrogens with one attached hydrogen (secondary N) is 1. The van der Waals surface area contributed by atoms with E-state index in [1.54, 1.807) is 7.11 Å². The molecule has 1 saturated heterocycles. The zero-order valence-electron chi connectivity index (χ0n) is 15.6. The molecule has 0 aliphatic carbocycles. The predicted molar refractivity (Wildman–Crippen MR) is 105 cm³/mol. The lowest BCUT2D eigenvalue weighted by molar-refractivity contribution is 0.132. The third-order valence-electron chi connectivity index (χ3n) is 4.54. The summed E-state index contributed by atoms with van der Waals surface area (Å²) in [6.45, 7) is 0. The monoisotopic (exact) mass is 388 g/mol. The van der Waals surface area contributed by atoms with Gasteiger partial charge in [-0.25, -0.2) is 14.2 Å². The number of benzene rings is 2. The summed E-state index contributed by atoms with van der Waals surface area (Å²) >= 11 is 0. The molecule has 1 N–H and O–H groups in total. The number of carbonyl (C=O) groups is 1. The molecule has 0 unspecified atom stereocenters. The third kappa shape index (κ3) is 4.19. The number of pyridine rings is 1. The molecular weight excluding hydrogens is 371 g/mol. The molecule has 29 heavy (non-hydrogen) atoms. The molecule has 0 radical (unpaired) electrons. The molecule has 5 nitrogen and oxygen atoms in total. The lowest BCUT2D eigenvalue weighted by Gasteiger charge is -2.18. The van der Waals surface area contributed by atoms with E-state index < -0.39 is 12.2 Å². The van der Waals surface area contributed by atoms with Crippen molar-refractivity contribution in [1.82, 2.24) is 10.3 Å². The Labute approximate surface area is 167 Å². The number of hydrogen-bond acceptors (Lipinski definition) is 4. The second-order valence-corrected chi connectivity index (χ2v) is 6.46. The number of halogens is 1. The van der Waals surface area contributed by atoms with Crippen molar-refractivity contribution in [2.75, 3.05) is 7.11 Å². The van der Waals surface area contributed by atoms with Gasteiger partial charge in [-0.2, -0.15) is 0 Å². The topological polar surface area (TPSA) is 60.5 Å². The highest BCUT2D eigenvalue weighted by atomic mass is 19.1. The van der Waals surface area contributed by atoms with Crippen LogP contribution in [-0.2, 0) is 4.74 Å². The van der Waals surface area contributed by atoms with Crippen LogP contribution in [0.25, 0.3) is 0 Å². The van der Waals surface area contributed by atoms with E-state index in [1.807, 2.05) is 48.5 Å². The lowest BCUT2D eigenvalue weighted by atomic mass is 9.95. The number of alkyl carbamates (subject to hydrolysis) is 1. The SMILES string of the molecule is COc1cccc([C@H]2OC(=O)N[C@@H]2c2cccc(C#Cc3cc(F)ccn3)c2)c1. The average Bonchev–Trinajstić information content (AvgIpc) is 3.14. The number of aromatic nitrogens is 1. The molecule has 2 heterocycles. The quantitative estimate of drug-likeness (QED) is 0.685. The van der Waals surface area contributed by atoms with Gasteiger partial charge in [-0.05, 0) is 47.4 Å². The van der Waals surface area contributed by atoms with Crippen LogP contribution in [0.2, 0.25) is 0 Å². The van der Waals surface area contributed by atoms with Crippen molar-refractivity contribution in [2.24, 2.45) is 0 Å². The van der Waals surface area contributed by atoms with Crippen LogP contribution >= 0.6 is 0 Å². The minimum atomic E-state index is -0.495. The maximum absolute atomic E-state index is 13.3. The molecule has 0 spiro atoms. The van der Waals surface area contributed by atoms with Gasteiger partial charge in [0, 0.05) is 17.8 Å². The fraction of sp³-hybridized carbons (Fsp3) is 0.130. The van der Waals surface area contributed by atoms with E-state index in [0.29, 0.717) is 11.4 Å². The van der Waals surface area contributed by atoms with E-state index in [2.05, 4.69) is 22.1 Å². The predicted octanol–water partition coefficient (Wildman–Crippen LogP) is 4.15. The number of cyclic esters (lactones) is 1. The summed E-state index contributed by atoms with van der Waals surface area (Å²) in [5.74, 6) is 6.14. The Morgan fingerprint density at radius 1 is 1.07 bits per heavy atom. The zero-order chi connectivity index (χ0) is 20.2. The first-order chi connectivity index (χ1) is 14.1. The summed E-state index contributed by atoms with van der Waals surface area (Å²) < 4.78 is 24.1. The second kappa shape index (κ2) is 8.03. The molecule has 1 aromatic heterocycles. The molecule has 0 bridgehead atoms. The van der Waals surface area contributed by atoms with Crippen LogP contribution in [0, 0.1) is 17.7 Å². The van der Waals surface area contributed by atoms with Crippen LogP contribution in [-0.4, -0.2) is 18.2 Å². The molecular formula is C23H17FN2O3. The van der Waals surface area contributed by atoms with Gasteiger partial charge in [0.2, 0.25) is 0 Å². The van der Waals surface area contributed by atoms with Gasteiger partial charge < -0.3 is 14.8 Å². The molecule has 1 fully saturated rings. The highest BCUT2D eigenvalue weighted by molar-refractivity contribution is 5.71. The van der Waals surface area contributed by atoms with Gasteiger partial charge in [0.25, 0.3) is 0 Å². The summed E-state index contributed by atoms with van der Waals surface area (Å²) in [5.41, 5.74) is 2.75. The van der Waals surface area contributed by atoms with Crippen LogP contribution in [0.4, 0.5) is 9.18 Å². The van der Waals surface area contributed by atoms with E-state index in [4.69, 9.17) is 9.47 Å². The van der Waals surface area contributed by atoms with E-state index >= 15 is 0 Å². The molecule has 3 aromatic rings. The van der Waals surface area contributed by atoms with Gasteiger partial charge in [-0.3, -0.25) is 0 Å². The summed E-state index contributed by atoms with van der Waals surface area (Å²) in [6.07, 6.45) is 0.397. The molecule has 0 saturated carbocycles.